The Morgan fingerprint density at radius 2 is 1.91 bits per heavy atom. The molecule has 0 saturated carbocycles. The maximum Gasteiger partial charge on any atom is 0.0436 e. The number of hydrogen-bond donors (Lipinski definition) is 1. The Morgan fingerprint density at radius 1 is 1.36 bits per heavy atom. The van der Waals surface area contributed by atoms with Gasteiger partial charge in [-0.25, -0.2) is 0 Å². The Bertz CT molecular complexity index is 130. The van der Waals surface area contributed by atoms with Crippen LogP contribution >= 0.6 is 0 Å². The van der Waals surface area contributed by atoms with Crippen LogP contribution < -0.4 is 0 Å². The molecule has 1 nitrogen and oxygen atoms in total. The molecule has 0 aromatic rings. The van der Waals surface area contributed by atoms with Gasteiger partial charge in [0, 0.05) is 6.61 Å². The Morgan fingerprint density at radius 3 is 2.27 bits per heavy atom. The largest absolute Gasteiger partial charge is 0.396 e. The van der Waals surface area contributed by atoms with Crippen molar-refractivity contribution in [2.75, 3.05) is 6.61 Å². The predicted molar refractivity (Wildman–Crippen MR) is 49.2 cm³/mol. The minimum atomic E-state index is 0.131. The lowest BCUT2D eigenvalue weighted by Gasteiger charge is -2.21. The lowest BCUT2D eigenvalue weighted by Crippen LogP contribution is -2.12. The standard InChI is InChI=1S/C10H19O/c1-9(2)5-6-10(3,4)7-8-11/h5-6,11H,7-8H2,1-4H3. The molecule has 0 rings (SSSR count). The van der Waals surface area contributed by atoms with E-state index < -0.39 is 0 Å². The molecular formula is C10H19O. The van der Waals surface area contributed by atoms with Gasteiger partial charge in [-0.1, -0.05) is 25.5 Å². The second-order valence-electron chi connectivity index (χ2n) is 3.87. The lowest BCUT2D eigenvalue weighted by atomic mass is 9.85. The van der Waals surface area contributed by atoms with Crippen molar-refractivity contribution in [1.82, 2.24) is 0 Å². The topological polar surface area (TPSA) is 20.2 Å². The fraction of sp³-hybridized carbons (Fsp3) is 0.700. The molecule has 0 atom stereocenters. The second kappa shape index (κ2) is 4.55. The molecule has 0 spiro atoms. The summed E-state index contributed by atoms with van der Waals surface area (Å²) in [5, 5.41) is 8.73. The lowest BCUT2D eigenvalue weighted by molar-refractivity contribution is 0.235. The van der Waals surface area contributed by atoms with Crippen LogP contribution in [0, 0.1) is 11.8 Å². The van der Waals surface area contributed by atoms with Gasteiger partial charge in [0.25, 0.3) is 0 Å². The molecule has 0 saturated heterocycles. The highest BCUT2D eigenvalue weighted by Gasteiger charge is 2.14. The third kappa shape index (κ3) is 6.11. The van der Waals surface area contributed by atoms with Crippen molar-refractivity contribution < 1.29 is 5.11 Å². The molecule has 0 aromatic heterocycles. The van der Waals surface area contributed by atoms with Crippen LogP contribution in [0.1, 0.15) is 34.1 Å². The molecule has 0 fully saturated rings. The van der Waals surface area contributed by atoms with Crippen LogP contribution in [0.25, 0.3) is 0 Å². The van der Waals surface area contributed by atoms with Gasteiger partial charge >= 0.3 is 0 Å². The Labute approximate surface area is 70.1 Å². The van der Waals surface area contributed by atoms with Crippen molar-refractivity contribution in [3.63, 3.8) is 0 Å². The van der Waals surface area contributed by atoms with Gasteiger partial charge in [-0.15, -0.1) is 0 Å². The van der Waals surface area contributed by atoms with Crippen molar-refractivity contribution in [2.24, 2.45) is 5.41 Å². The summed E-state index contributed by atoms with van der Waals surface area (Å²) in [6.07, 6.45) is 5.09. The van der Waals surface area contributed by atoms with E-state index >= 15 is 0 Å². The van der Waals surface area contributed by atoms with E-state index in [0.717, 1.165) is 6.42 Å². The molecule has 1 radical (unpaired) electrons. The zero-order valence-electron chi connectivity index (χ0n) is 8.02. The molecule has 1 heteroatoms. The minimum absolute atomic E-state index is 0.131. The third-order valence-corrected chi connectivity index (χ3v) is 1.62. The van der Waals surface area contributed by atoms with E-state index in [1.807, 2.05) is 0 Å². The maximum absolute atomic E-state index is 8.73. The van der Waals surface area contributed by atoms with Gasteiger partial charge in [-0.2, -0.15) is 0 Å². The first-order chi connectivity index (χ1) is 4.98. The molecule has 0 heterocycles. The third-order valence-electron chi connectivity index (χ3n) is 1.62. The Kier molecular flexibility index (Phi) is 4.43. The van der Waals surface area contributed by atoms with Crippen LogP contribution in [0.4, 0.5) is 0 Å². The van der Waals surface area contributed by atoms with E-state index in [2.05, 4.69) is 40.2 Å². The van der Waals surface area contributed by atoms with Crippen molar-refractivity contribution in [3.8, 4) is 0 Å². The number of hydrogen-bond acceptors (Lipinski definition) is 1. The summed E-state index contributed by atoms with van der Waals surface area (Å²) in [5.41, 5.74) is 1.43. The molecule has 11 heavy (non-hydrogen) atoms. The SMILES string of the molecule is CC(C)=C[CH]C(C)(C)CCO. The molecular weight excluding hydrogens is 136 g/mol. The summed E-state index contributed by atoms with van der Waals surface area (Å²) in [6.45, 7) is 8.67. The van der Waals surface area contributed by atoms with E-state index in [4.69, 9.17) is 5.11 Å². The molecule has 65 valence electrons. The number of aliphatic hydroxyl groups excluding tert-OH is 1. The average Bonchev–Trinajstić information content (AvgIpc) is 1.84. The quantitative estimate of drug-likeness (QED) is 0.661. The smallest absolute Gasteiger partial charge is 0.0436 e. The van der Waals surface area contributed by atoms with Gasteiger partial charge in [0.1, 0.15) is 0 Å². The molecule has 0 aliphatic heterocycles. The normalized spacial score (nSPS) is 11.4. The molecule has 0 aliphatic carbocycles. The highest BCUT2D eigenvalue weighted by atomic mass is 16.3. The molecule has 1 N–H and O–H groups in total. The first-order valence-electron chi connectivity index (χ1n) is 4.08. The number of rotatable bonds is 4. The van der Waals surface area contributed by atoms with Crippen molar-refractivity contribution in [2.45, 2.75) is 34.1 Å². The van der Waals surface area contributed by atoms with Gasteiger partial charge < -0.3 is 5.11 Å². The number of aliphatic hydroxyl groups is 1. The van der Waals surface area contributed by atoms with Gasteiger partial charge in [0.2, 0.25) is 0 Å². The fourth-order valence-electron chi connectivity index (χ4n) is 0.764. The Hall–Kier alpha value is -0.300. The van der Waals surface area contributed by atoms with E-state index in [0.29, 0.717) is 0 Å². The van der Waals surface area contributed by atoms with Gasteiger partial charge in [0.05, 0.1) is 0 Å². The summed E-state index contributed by atoms with van der Waals surface area (Å²) in [5.74, 6) is 0. The summed E-state index contributed by atoms with van der Waals surface area (Å²) >= 11 is 0. The van der Waals surface area contributed by atoms with Crippen LogP contribution in [-0.2, 0) is 0 Å². The minimum Gasteiger partial charge on any atom is -0.396 e. The maximum atomic E-state index is 8.73. The molecule has 0 amide bonds. The van der Waals surface area contributed by atoms with Crippen molar-refractivity contribution in [3.05, 3.63) is 18.1 Å². The van der Waals surface area contributed by atoms with Crippen LogP contribution in [-0.4, -0.2) is 11.7 Å². The molecule has 0 unspecified atom stereocenters. The average molecular weight is 155 g/mol. The van der Waals surface area contributed by atoms with Gasteiger partial charge in [-0.3, -0.25) is 0 Å². The highest BCUT2D eigenvalue weighted by Crippen LogP contribution is 2.24. The summed E-state index contributed by atoms with van der Waals surface area (Å²) < 4.78 is 0. The zero-order chi connectivity index (χ0) is 8.91. The van der Waals surface area contributed by atoms with E-state index in [-0.39, 0.29) is 12.0 Å². The molecule has 0 bridgehead atoms. The van der Waals surface area contributed by atoms with E-state index in [1.165, 1.54) is 5.57 Å². The van der Waals surface area contributed by atoms with Crippen LogP contribution in [0.5, 0.6) is 0 Å². The summed E-state index contributed by atoms with van der Waals surface area (Å²) in [6, 6.07) is 0. The highest BCUT2D eigenvalue weighted by molar-refractivity contribution is 5.07. The van der Waals surface area contributed by atoms with Crippen LogP contribution in [0.15, 0.2) is 11.6 Å². The zero-order valence-corrected chi connectivity index (χ0v) is 8.02. The van der Waals surface area contributed by atoms with Crippen LogP contribution in [0.3, 0.4) is 0 Å². The van der Waals surface area contributed by atoms with Crippen molar-refractivity contribution >= 4 is 0 Å². The summed E-state index contributed by atoms with van der Waals surface area (Å²) in [4.78, 5) is 0. The van der Waals surface area contributed by atoms with E-state index in [9.17, 15) is 0 Å². The Balaban J connectivity index is 3.81. The monoisotopic (exact) mass is 155 g/mol. The fourth-order valence-corrected chi connectivity index (χ4v) is 0.764. The van der Waals surface area contributed by atoms with Gasteiger partial charge in [0.15, 0.2) is 0 Å². The molecule has 0 aromatic carbocycles. The number of allylic oxidation sites excluding steroid dienone is 2. The van der Waals surface area contributed by atoms with E-state index in [1.54, 1.807) is 0 Å². The first kappa shape index (κ1) is 10.7. The summed E-state index contributed by atoms with van der Waals surface area (Å²) in [7, 11) is 0. The van der Waals surface area contributed by atoms with Gasteiger partial charge in [-0.05, 0) is 32.1 Å². The first-order valence-corrected chi connectivity index (χ1v) is 4.08. The second-order valence-corrected chi connectivity index (χ2v) is 3.87. The van der Waals surface area contributed by atoms with Crippen molar-refractivity contribution in [1.29, 1.82) is 0 Å². The molecule has 0 aliphatic rings. The predicted octanol–water partition coefficient (Wildman–Crippen LogP) is 2.57. The van der Waals surface area contributed by atoms with Crippen LogP contribution in [0.2, 0.25) is 0 Å².